The van der Waals surface area contributed by atoms with Gasteiger partial charge in [-0.2, -0.15) is 0 Å². The normalized spacial score (nSPS) is 21.4. The highest BCUT2D eigenvalue weighted by atomic mass is 16.5. The third kappa shape index (κ3) is 2.75. The molecule has 3 N–H and O–H groups in total. The Kier molecular flexibility index (Phi) is 3.56. The summed E-state index contributed by atoms with van der Waals surface area (Å²) in [7, 11) is 0. The van der Waals surface area contributed by atoms with E-state index in [4.69, 9.17) is 4.74 Å². The molecule has 106 valence electrons. The highest BCUT2D eigenvalue weighted by Crippen LogP contribution is 2.24. The van der Waals surface area contributed by atoms with E-state index in [-0.39, 0.29) is 11.8 Å². The molecule has 0 spiro atoms. The number of nitrogens with one attached hydrogen (secondary N) is 3. The van der Waals surface area contributed by atoms with Crippen molar-refractivity contribution in [1.29, 1.82) is 0 Å². The molecule has 2 aliphatic rings. The van der Waals surface area contributed by atoms with E-state index in [0.29, 0.717) is 19.4 Å². The summed E-state index contributed by atoms with van der Waals surface area (Å²) in [4.78, 5) is 23.1. The molecule has 3 rings (SSSR count). The molecule has 1 unspecified atom stereocenters. The molecule has 2 amide bonds. The van der Waals surface area contributed by atoms with Crippen molar-refractivity contribution in [1.82, 2.24) is 10.6 Å². The quantitative estimate of drug-likeness (QED) is 0.729. The highest BCUT2D eigenvalue weighted by molar-refractivity contribution is 5.99. The number of hydrogen-bond donors (Lipinski definition) is 3. The van der Waals surface area contributed by atoms with Crippen molar-refractivity contribution in [3.05, 3.63) is 23.8 Å². The van der Waals surface area contributed by atoms with Gasteiger partial charge in [0.1, 0.15) is 18.4 Å². The minimum absolute atomic E-state index is 0.0651. The molecule has 0 saturated carbocycles. The predicted octanol–water partition coefficient (Wildman–Crippen LogP) is 0.386. The van der Waals surface area contributed by atoms with Crippen LogP contribution in [0.25, 0.3) is 0 Å². The second-order valence-corrected chi connectivity index (χ2v) is 5.00. The van der Waals surface area contributed by atoms with E-state index in [9.17, 15) is 9.59 Å². The maximum absolute atomic E-state index is 12.0. The van der Waals surface area contributed by atoms with Crippen molar-refractivity contribution >= 4 is 17.5 Å². The maximum Gasteiger partial charge on any atom is 0.246 e. The molecule has 6 heteroatoms. The number of amides is 2. The molecular weight excluding hydrogens is 258 g/mol. The Labute approximate surface area is 116 Å². The Bertz CT molecular complexity index is 544. The average Bonchev–Trinajstić information content (AvgIpc) is 2.74. The first-order chi connectivity index (χ1) is 9.72. The zero-order valence-electron chi connectivity index (χ0n) is 11.1. The Morgan fingerprint density at radius 2 is 2.30 bits per heavy atom. The second-order valence-electron chi connectivity index (χ2n) is 5.00. The summed E-state index contributed by atoms with van der Waals surface area (Å²) >= 11 is 0. The summed E-state index contributed by atoms with van der Waals surface area (Å²) in [6, 6.07) is 5.17. The molecule has 2 aliphatic heterocycles. The zero-order chi connectivity index (χ0) is 13.9. The number of hydrogen-bond acceptors (Lipinski definition) is 4. The lowest BCUT2D eigenvalue weighted by Gasteiger charge is -2.13. The number of fused-ring (bicyclic) bond motifs is 1. The fraction of sp³-hybridized carbons (Fsp3) is 0.429. The van der Waals surface area contributed by atoms with Crippen LogP contribution in [-0.2, 0) is 16.1 Å². The molecule has 6 nitrogen and oxygen atoms in total. The van der Waals surface area contributed by atoms with Gasteiger partial charge in [-0.25, -0.2) is 0 Å². The summed E-state index contributed by atoms with van der Waals surface area (Å²) in [5, 5.41) is 8.75. The molecule has 1 aromatic rings. The smallest absolute Gasteiger partial charge is 0.246 e. The Morgan fingerprint density at radius 3 is 3.10 bits per heavy atom. The largest absolute Gasteiger partial charge is 0.492 e. The van der Waals surface area contributed by atoms with Crippen LogP contribution in [0, 0.1) is 0 Å². The topological polar surface area (TPSA) is 79.5 Å². The van der Waals surface area contributed by atoms with E-state index in [1.54, 1.807) is 0 Å². The van der Waals surface area contributed by atoms with E-state index < -0.39 is 6.04 Å². The lowest BCUT2D eigenvalue weighted by Crippen LogP contribution is -2.37. The minimum atomic E-state index is -0.421. The number of rotatable bonds is 2. The van der Waals surface area contributed by atoms with Crippen LogP contribution in [0.15, 0.2) is 18.2 Å². The van der Waals surface area contributed by atoms with Crippen molar-refractivity contribution in [3.63, 3.8) is 0 Å². The molecule has 1 saturated heterocycles. The van der Waals surface area contributed by atoms with Crippen molar-refractivity contribution in [2.24, 2.45) is 0 Å². The maximum atomic E-state index is 12.0. The summed E-state index contributed by atoms with van der Waals surface area (Å²) in [6.07, 6.45) is 0.973. The van der Waals surface area contributed by atoms with Crippen LogP contribution in [-0.4, -0.2) is 31.0 Å². The molecule has 1 aromatic carbocycles. The molecule has 0 aliphatic carbocycles. The summed E-state index contributed by atoms with van der Waals surface area (Å²) in [6.45, 7) is 2.18. The van der Waals surface area contributed by atoms with Crippen LogP contribution in [0.3, 0.4) is 0 Å². The number of benzene rings is 1. The molecule has 0 bridgehead atoms. The molecule has 2 heterocycles. The highest BCUT2D eigenvalue weighted by Gasteiger charge is 2.27. The monoisotopic (exact) mass is 275 g/mol. The fourth-order valence-electron chi connectivity index (χ4n) is 2.43. The van der Waals surface area contributed by atoms with Gasteiger partial charge in [-0.15, -0.1) is 0 Å². The number of anilines is 1. The first-order valence-electron chi connectivity index (χ1n) is 6.79. The third-order valence-corrected chi connectivity index (χ3v) is 3.49. The van der Waals surface area contributed by atoms with Crippen molar-refractivity contribution in [2.75, 3.05) is 18.5 Å². The SMILES string of the molecule is O=C1CCC(C(=O)Nc2ccc3c(c2)CNCCO3)N1. The van der Waals surface area contributed by atoms with Gasteiger partial charge in [-0.1, -0.05) is 0 Å². The summed E-state index contributed by atoms with van der Waals surface area (Å²) < 4.78 is 5.59. The standard InChI is InChI=1S/C14H17N3O3/c18-13-4-2-11(17-13)14(19)16-10-1-3-12-9(7-10)8-15-5-6-20-12/h1,3,7,11,15H,2,4-6,8H2,(H,16,19)(H,17,18). The van der Waals surface area contributed by atoms with Gasteiger partial charge in [0.2, 0.25) is 11.8 Å². The Morgan fingerprint density at radius 1 is 1.40 bits per heavy atom. The molecule has 0 radical (unpaired) electrons. The van der Waals surface area contributed by atoms with Gasteiger partial charge >= 0.3 is 0 Å². The van der Waals surface area contributed by atoms with Crippen LogP contribution < -0.4 is 20.7 Å². The lowest BCUT2D eigenvalue weighted by molar-refractivity contribution is -0.122. The second kappa shape index (κ2) is 5.50. The average molecular weight is 275 g/mol. The Hall–Kier alpha value is -2.08. The molecule has 1 atom stereocenters. The predicted molar refractivity (Wildman–Crippen MR) is 73.4 cm³/mol. The summed E-state index contributed by atoms with van der Waals surface area (Å²) in [5.74, 6) is 0.616. The van der Waals surface area contributed by atoms with Gasteiger partial charge in [-0.05, 0) is 24.6 Å². The van der Waals surface area contributed by atoms with Crippen LogP contribution in [0.1, 0.15) is 18.4 Å². The number of carbonyl (C=O) groups excluding carboxylic acids is 2. The van der Waals surface area contributed by atoms with Gasteiger partial charge in [0, 0.05) is 30.8 Å². The fourth-order valence-corrected chi connectivity index (χ4v) is 2.43. The van der Waals surface area contributed by atoms with Crippen LogP contribution >= 0.6 is 0 Å². The van der Waals surface area contributed by atoms with E-state index in [0.717, 1.165) is 30.1 Å². The van der Waals surface area contributed by atoms with E-state index in [1.165, 1.54) is 0 Å². The number of ether oxygens (including phenoxy) is 1. The van der Waals surface area contributed by atoms with Crippen LogP contribution in [0.5, 0.6) is 5.75 Å². The molecule has 1 fully saturated rings. The lowest BCUT2D eigenvalue weighted by atomic mass is 10.1. The van der Waals surface area contributed by atoms with Gasteiger partial charge in [0.25, 0.3) is 0 Å². The Balaban J connectivity index is 1.70. The zero-order valence-corrected chi connectivity index (χ0v) is 11.1. The van der Waals surface area contributed by atoms with Gasteiger partial charge in [0.05, 0.1) is 0 Å². The van der Waals surface area contributed by atoms with Crippen molar-refractivity contribution in [3.8, 4) is 5.75 Å². The van der Waals surface area contributed by atoms with Crippen LogP contribution in [0.4, 0.5) is 5.69 Å². The van der Waals surface area contributed by atoms with Gasteiger partial charge in [-0.3, -0.25) is 9.59 Å². The van der Waals surface area contributed by atoms with Gasteiger partial charge in [0.15, 0.2) is 0 Å². The molecule has 0 aromatic heterocycles. The van der Waals surface area contributed by atoms with Crippen LogP contribution in [0.2, 0.25) is 0 Å². The minimum Gasteiger partial charge on any atom is -0.492 e. The molecule has 20 heavy (non-hydrogen) atoms. The van der Waals surface area contributed by atoms with E-state index >= 15 is 0 Å². The van der Waals surface area contributed by atoms with E-state index in [1.807, 2.05) is 18.2 Å². The van der Waals surface area contributed by atoms with Crippen molar-refractivity contribution < 1.29 is 14.3 Å². The van der Waals surface area contributed by atoms with E-state index in [2.05, 4.69) is 16.0 Å². The summed E-state index contributed by atoms with van der Waals surface area (Å²) in [5.41, 5.74) is 1.75. The first kappa shape index (κ1) is 12.9. The van der Waals surface area contributed by atoms with Crippen molar-refractivity contribution in [2.45, 2.75) is 25.4 Å². The molecular formula is C14H17N3O3. The first-order valence-corrected chi connectivity index (χ1v) is 6.79. The number of carbonyl (C=O) groups is 2. The van der Waals surface area contributed by atoms with Gasteiger partial charge < -0.3 is 20.7 Å². The third-order valence-electron chi connectivity index (χ3n) is 3.49.